The summed E-state index contributed by atoms with van der Waals surface area (Å²) in [5, 5.41) is 0. The summed E-state index contributed by atoms with van der Waals surface area (Å²) in [6, 6.07) is 4.33. The minimum absolute atomic E-state index is 1.11. The van der Waals surface area contributed by atoms with Crippen LogP contribution in [-0.4, -0.2) is 16.5 Å². The van der Waals surface area contributed by atoms with Crippen molar-refractivity contribution in [2.45, 2.75) is 33.1 Å². The van der Waals surface area contributed by atoms with Crippen LogP contribution in [0.1, 0.15) is 31.5 Å². The molecule has 1 aromatic rings. The molecule has 0 aliphatic rings. The number of nitrogens with zero attached hydrogens (tertiary/aromatic N) is 1. The van der Waals surface area contributed by atoms with Gasteiger partial charge in [0, 0.05) is 11.9 Å². The first-order valence-electron chi connectivity index (χ1n) is 5.38. The first kappa shape index (κ1) is 11.6. The van der Waals surface area contributed by atoms with Crippen LogP contribution < -0.4 is 0 Å². The van der Waals surface area contributed by atoms with Crippen LogP contribution >= 0.6 is 11.8 Å². The average Bonchev–Trinajstić information content (AvgIpc) is 2.25. The van der Waals surface area contributed by atoms with Gasteiger partial charge in [-0.25, -0.2) is 0 Å². The minimum atomic E-state index is 1.11. The number of hydrogen-bond acceptors (Lipinski definition) is 2. The summed E-state index contributed by atoms with van der Waals surface area (Å²) >= 11 is 2.02. The molecule has 1 heterocycles. The fraction of sp³-hybridized carbons (Fsp3) is 0.583. The smallest absolute Gasteiger partial charge is 0.0414 e. The summed E-state index contributed by atoms with van der Waals surface area (Å²) in [7, 11) is 0. The van der Waals surface area contributed by atoms with Gasteiger partial charge in [-0.15, -0.1) is 0 Å². The molecule has 0 atom stereocenters. The third-order valence-corrected chi connectivity index (χ3v) is 3.33. The Kier molecular flexibility index (Phi) is 5.69. The topological polar surface area (TPSA) is 12.9 Å². The van der Waals surface area contributed by atoms with Crippen LogP contribution in [0, 0.1) is 0 Å². The van der Waals surface area contributed by atoms with E-state index in [4.69, 9.17) is 0 Å². The zero-order valence-corrected chi connectivity index (χ0v) is 9.94. The highest BCUT2D eigenvalue weighted by molar-refractivity contribution is 7.99. The molecule has 1 nitrogen and oxygen atoms in total. The van der Waals surface area contributed by atoms with E-state index in [1.165, 1.54) is 29.2 Å². The lowest BCUT2D eigenvalue weighted by Crippen LogP contribution is -1.94. The highest BCUT2D eigenvalue weighted by Crippen LogP contribution is 2.08. The summed E-state index contributed by atoms with van der Waals surface area (Å²) in [5.74, 6) is 2.47. The zero-order valence-electron chi connectivity index (χ0n) is 9.12. The van der Waals surface area contributed by atoms with Crippen LogP contribution in [0.5, 0.6) is 0 Å². The van der Waals surface area contributed by atoms with Gasteiger partial charge in [-0.1, -0.05) is 13.8 Å². The standard InChI is InChI=1S/C12H19NS/c1-3-8-14-9-6-12-10-11(4-2)5-7-13-12/h5,7,10H,3-4,6,8-9H2,1-2H3. The van der Waals surface area contributed by atoms with E-state index in [0.29, 0.717) is 0 Å². The molecule has 0 N–H and O–H groups in total. The van der Waals surface area contributed by atoms with Crippen LogP contribution in [0.4, 0.5) is 0 Å². The number of thioether (sulfide) groups is 1. The van der Waals surface area contributed by atoms with E-state index in [1.54, 1.807) is 0 Å². The first-order valence-corrected chi connectivity index (χ1v) is 6.53. The summed E-state index contributed by atoms with van der Waals surface area (Å²) < 4.78 is 0. The van der Waals surface area contributed by atoms with Crippen molar-refractivity contribution in [3.63, 3.8) is 0 Å². The second-order valence-electron chi connectivity index (χ2n) is 3.37. The largest absolute Gasteiger partial charge is 0.261 e. The predicted molar refractivity (Wildman–Crippen MR) is 64.9 cm³/mol. The molecule has 0 aromatic carbocycles. The molecule has 0 aliphatic heterocycles. The molecule has 0 saturated heterocycles. The Bertz CT molecular complexity index is 260. The SMILES string of the molecule is CCCSCCc1cc(CC)ccn1. The maximum Gasteiger partial charge on any atom is 0.0414 e. The molecule has 0 unspecified atom stereocenters. The Hall–Kier alpha value is -0.500. The molecule has 0 spiro atoms. The molecule has 78 valence electrons. The van der Waals surface area contributed by atoms with Crippen molar-refractivity contribution in [1.29, 1.82) is 0 Å². The quantitative estimate of drug-likeness (QED) is 0.667. The second kappa shape index (κ2) is 6.88. The third kappa shape index (κ3) is 4.14. The minimum Gasteiger partial charge on any atom is -0.261 e. The van der Waals surface area contributed by atoms with Crippen LogP contribution in [0.2, 0.25) is 0 Å². The van der Waals surface area contributed by atoms with Crippen molar-refractivity contribution in [3.8, 4) is 0 Å². The molecular weight excluding hydrogens is 190 g/mol. The van der Waals surface area contributed by atoms with Gasteiger partial charge >= 0.3 is 0 Å². The number of rotatable bonds is 6. The summed E-state index contributed by atoms with van der Waals surface area (Å²) in [6.07, 6.45) is 5.42. The van der Waals surface area contributed by atoms with Crippen molar-refractivity contribution >= 4 is 11.8 Å². The molecular formula is C12H19NS. The average molecular weight is 209 g/mol. The number of aromatic nitrogens is 1. The van der Waals surface area contributed by atoms with Crippen molar-refractivity contribution in [3.05, 3.63) is 29.6 Å². The van der Waals surface area contributed by atoms with Crippen molar-refractivity contribution in [2.75, 3.05) is 11.5 Å². The van der Waals surface area contributed by atoms with Crippen LogP contribution in [0.3, 0.4) is 0 Å². The Labute approximate surface area is 91.3 Å². The van der Waals surface area contributed by atoms with Crippen LogP contribution in [0.15, 0.2) is 18.3 Å². The van der Waals surface area contributed by atoms with Gasteiger partial charge < -0.3 is 0 Å². The summed E-state index contributed by atoms with van der Waals surface area (Å²) in [5.41, 5.74) is 2.64. The van der Waals surface area contributed by atoms with Crippen LogP contribution in [0.25, 0.3) is 0 Å². The normalized spacial score (nSPS) is 10.4. The fourth-order valence-corrected chi connectivity index (χ4v) is 2.15. The highest BCUT2D eigenvalue weighted by atomic mass is 32.2. The van der Waals surface area contributed by atoms with E-state index in [1.807, 2.05) is 18.0 Å². The van der Waals surface area contributed by atoms with Crippen molar-refractivity contribution in [2.24, 2.45) is 0 Å². The molecule has 0 amide bonds. The van der Waals surface area contributed by atoms with E-state index >= 15 is 0 Å². The Balaban J connectivity index is 2.34. The van der Waals surface area contributed by atoms with Gasteiger partial charge in [-0.2, -0.15) is 11.8 Å². The van der Waals surface area contributed by atoms with E-state index in [2.05, 4.69) is 31.0 Å². The van der Waals surface area contributed by atoms with Gasteiger partial charge in [-0.05, 0) is 48.5 Å². The van der Waals surface area contributed by atoms with E-state index in [0.717, 1.165) is 12.8 Å². The molecule has 0 aliphatic carbocycles. The van der Waals surface area contributed by atoms with Gasteiger partial charge in [0.25, 0.3) is 0 Å². The highest BCUT2D eigenvalue weighted by Gasteiger charge is 1.96. The Morgan fingerprint density at radius 2 is 2.14 bits per heavy atom. The van der Waals surface area contributed by atoms with Gasteiger partial charge in [0.15, 0.2) is 0 Å². The fourth-order valence-electron chi connectivity index (χ4n) is 1.31. The summed E-state index contributed by atoms with van der Waals surface area (Å²) in [6.45, 7) is 4.41. The molecule has 14 heavy (non-hydrogen) atoms. The maximum absolute atomic E-state index is 4.37. The number of aryl methyl sites for hydroxylation is 2. The predicted octanol–water partition coefficient (Wildman–Crippen LogP) is 3.33. The molecule has 0 bridgehead atoms. The van der Waals surface area contributed by atoms with Crippen molar-refractivity contribution < 1.29 is 0 Å². The Morgan fingerprint density at radius 3 is 2.86 bits per heavy atom. The molecule has 1 aromatic heterocycles. The molecule has 0 fully saturated rings. The van der Waals surface area contributed by atoms with Crippen molar-refractivity contribution in [1.82, 2.24) is 4.98 Å². The lowest BCUT2D eigenvalue weighted by atomic mass is 10.1. The second-order valence-corrected chi connectivity index (χ2v) is 4.60. The number of hydrogen-bond donors (Lipinski definition) is 0. The lowest BCUT2D eigenvalue weighted by Gasteiger charge is -2.02. The van der Waals surface area contributed by atoms with Gasteiger partial charge in [-0.3, -0.25) is 4.98 Å². The Morgan fingerprint density at radius 1 is 1.29 bits per heavy atom. The zero-order chi connectivity index (χ0) is 10.2. The number of pyridine rings is 1. The third-order valence-electron chi connectivity index (χ3n) is 2.14. The maximum atomic E-state index is 4.37. The molecule has 0 saturated carbocycles. The van der Waals surface area contributed by atoms with Gasteiger partial charge in [0.2, 0.25) is 0 Å². The molecule has 0 radical (unpaired) electrons. The molecule has 1 rings (SSSR count). The van der Waals surface area contributed by atoms with Crippen LogP contribution in [-0.2, 0) is 12.8 Å². The van der Waals surface area contributed by atoms with E-state index in [9.17, 15) is 0 Å². The van der Waals surface area contributed by atoms with Gasteiger partial charge in [0.1, 0.15) is 0 Å². The van der Waals surface area contributed by atoms with Gasteiger partial charge in [0.05, 0.1) is 0 Å². The lowest BCUT2D eigenvalue weighted by molar-refractivity contribution is 1.01. The van der Waals surface area contributed by atoms with E-state index in [-0.39, 0.29) is 0 Å². The first-order chi connectivity index (χ1) is 6.86. The monoisotopic (exact) mass is 209 g/mol. The summed E-state index contributed by atoms with van der Waals surface area (Å²) in [4.78, 5) is 4.37. The van der Waals surface area contributed by atoms with E-state index < -0.39 is 0 Å². The molecule has 2 heteroatoms.